The average molecular weight is 444 g/mol. The van der Waals surface area contributed by atoms with E-state index in [2.05, 4.69) is 0 Å². The third kappa shape index (κ3) is 5.03. The lowest BCUT2D eigenvalue weighted by Gasteiger charge is -2.25. The van der Waals surface area contributed by atoms with Gasteiger partial charge in [0, 0.05) is 25.3 Å². The number of piperidine rings is 1. The summed E-state index contributed by atoms with van der Waals surface area (Å²) in [5.74, 6) is 2.30. The van der Waals surface area contributed by atoms with Crippen molar-refractivity contribution in [2.75, 3.05) is 26.0 Å². The van der Waals surface area contributed by atoms with Gasteiger partial charge in [-0.1, -0.05) is 24.3 Å². The maximum atomic E-state index is 12.2. The Labute approximate surface area is 184 Å². The highest BCUT2D eigenvalue weighted by atomic mass is 32.2. The molecule has 2 atom stereocenters. The molecule has 1 saturated carbocycles. The number of amides is 1. The van der Waals surface area contributed by atoms with Gasteiger partial charge in [-0.2, -0.15) is 0 Å². The lowest BCUT2D eigenvalue weighted by molar-refractivity contribution is 0.0261. The van der Waals surface area contributed by atoms with Crippen LogP contribution < -0.4 is 4.74 Å². The maximum Gasteiger partial charge on any atom is 0.410 e. The molecule has 2 fully saturated rings. The first-order valence-electron chi connectivity index (χ1n) is 10.5. The van der Waals surface area contributed by atoms with Crippen LogP contribution in [0.5, 0.6) is 5.75 Å². The number of hydrogen-bond acceptors (Lipinski definition) is 5. The van der Waals surface area contributed by atoms with E-state index in [1.165, 1.54) is 6.26 Å². The zero-order valence-electron chi connectivity index (χ0n) is 18.4. The van der Waals surface area contributed by atoms with Crippen LogP contribution in [-0.2, 0) is 14.6 Å². The molecule has 1 aliphatic heterocycles. The Morgan fingerprint density at radius 2 is 1.48 bits per heavy atom. The number of ether oxygens (including phenoxy) is 2. The zero-order chi connectivity index (χ0) is 22.4. The molecule has 0 bridgehead atoms. The van der Waals surface area contributed by atoms with Crippen LogP contribution >= 0.6 is 0 Å². The number of hydrogen-bond donors (Lipinski definition) is 0. The number of rotatable bonds is 5. The fourth-order valence-electron chi connectivity index (χ4n) is 4.20. The molecule has 0 N–H and O–H groups in total. The van der Waals surface area contributed by atoms with Crippen LogP contribution in [0.2, 0.25) is 0 Å². The third-order valence-electron chi connectivity index (χ3n) is 5.94. The van der Waals surface area contributed by atoms with Gasteiger partial charge in [-0.15, -0.1) is 0 Å². The number of carbonyl (C=O) groups is 1. The van der Waals surface area contributed by atoms with E-state index in [0.717, 1.165) is 30.0 Å². The Balaban J connectivity index is 1.27. The summed E-state index contributed by atoms with van der Waals surface area (Å²) in [7, 11) is -3.19. The SMILES string of the molecule is CC(C)(C)OC(=O)N1CC2C(COc3ccc(-c4ccc(S(C)(=O)=O)cc4)cc3)C2C1. The maximum absolute atomic E-state index is 12.2. The molecule has 1 aliphatic carbocycles. The second-order valence-electron chi connectivity index (χ2n) is 9.51. The highest BCUT2D eigenvalue weighted by Gasteiger charge is 2.57. The fraction of sp³-hybridized carbons (Fsp3) is 0.458. The first-order chi connectivity index (χ1) is 14.5. The summed E-state index contributed by atoms with van der Waals surface area (Å²) in [4.78, 5) is 14.3. The molecular formula is C24H29NO5S. The van der Waals surface area contributed by atoms with Crippen molar-refractivity contribution in [3.8, 4) is 16.9 Å². The van der Waals surface area contributed by atoms with Crippen molar-refractivity contribution in [1.82, 2.24) is 4.90 Å². The van der Waals surface area contributed by atoms with Crippen molar-refractivity contribution in [2.45, 2.75) is 31.3 Å². The van der Waals surface area contributed by atoms with Crippen LogP contribution in [-0.4, -0.2) is 51.0 Å². The van der Waals surface area contributed by atoms with E-state index in [9.17, 15) is 13.2 Å². The topological polar surface area (TPSA) is 72.9 Å². The van der Waals surface area contributed by atoms with E-state index in [-0.39, 0.29) is 6.09 Å². The smallest absolute Gasteiger partial charge is 0.410 e. The zero-order valence-corrected chi connectivity index (χ0v) is 19.2. The number of sulfone groups is 1. The van der Waals surface area contributed by atoms with Crippen LogP contribution in [0, 0.1) is 17.8 Å². The van der Waals surface area contributed by atoms with E-state index >= 15 is 0 Å². The minimum Gasteiger partial charge on any atom is -0.493 e. The number of benzene rings is 2. The van der Waals surface area contributed by atoms with Crippen molar-refractivity contribution in [3.05, 3.63) is 48.5 Å². The number of fused-ring (bicyclic) bond motifs is 1. The molecule has 4 rings (SSSR count). The molecule has 1 heterocycles. The monoisotopic (exact) mass is 443 g/mol. The Morgan fingerprint density at radius 1 is 0.968 bits per heavy atom. The van der Waals surface area contributed by atoms with Crippen molar-refractivity contribution < 1.29 is 22.7 Å². The predicted molar refractivity (Wildman–Crippen MR) is 119 cm³/mol. The average Bonchev–Trinajstić information content (AvgIpc) is 3.13. The summed E-state index contributed by atoms with van der Waals surface area (Å²) >= 11 is 0. The summed E-state index contributed by atoms with van der Waals surface area (Å²) < 4.78 is 34.6. The van der Waals surface area contributed by atoms with Gasteiger partial charge >= 0.3 is 6.09 Å². The van der Waals surface area contributed by atoms with Crippen LogP contribution in [0.4, 0.5) is 4.79 Å². The number of carbonyl (C=O) groups excluding carboxylic acids is 1. The quantitative estimate of drug-likeness (QED) is 0.691. The van der Waals surface area contributed by atoms with Gasteiger partial charge in [0.25, 0.3) is 0 Å². The van der Waals surface area contributed by atoms with Crippen molar-refractivity contribution in [1.29, 1.82) is 0 Å². The van der Waals surface area contributed by atoms with E-state index in [0.29, 0.717) is 29.3 Å². The molecular weight excluding hydrogens is 414 g/mol. The summed E-state index contributed by atoms with van der Waals surface area (Å²) in [5, 5.41) is 0. The van der Waals surface area contributed by atoms with Crippen LogP contribution in [0.25, 0.3) is 11.1 Å². The Bertz CT molecular complexity index is 1040. The molecule has 0 aromatic heterocycles. The van der Waals surface area contributed by atoms with Gasteiger partial charge in [-0.3, -0.25) is 0 Å². The second-order valence-corrected chi connectivity index (χ2v) is 11.5. The lowest BCUT2D eigenvalue weighted by Crippen LogP contribution is -2.37. The second kappa shape index (κ2) is 7.86. The molecule has 2 aromatic rings. The predicted octanol–water partition coefficient (Wildman–Crippen LogP) is 4.25. The Morgan fingerprint density at radius 3 is 1.97 bits per heavy atom. The Kier molecular flexibility index (Phi) is 5.50. The van der Waals surface area contributed by atoms with Gasteiger partial charge in [0.05, 0.1) is 11.5 Å². The van der Waals surface area contributed by atoms with Gasteiger partial charge in [0.2, 0.25) is 0 Å². The van der Waals surface area contributed by atoms with E-state index in [1.54, 1.807) is 17.0 Å². The van der Waals surface area contributed by atoms with Gasteiger partial charge in [-0.25, -0.2) is 13.2 Å². The first-order valence-corrected chi connectivity index (χ1v) is 12.4. The lowest BCUT2D eigenvalue weighted by atomic mass is 10.1. The van der Waals surface area contributed by atoms with E-state index in [1.807, 2.05) is 57.2 Å². The molecule has 1 saturated heterocycles. The molecule has 7 heteroatoms. The summed E-state index contributed by atoms with van der Waals surface area (Å²) in [6.45, 7) is 7.79. The van der Waals surface area contributed by atoms with Crippen molar-refractivity contribution in [3.63, 3.8) is 0 Å². The van der Waals surface area contributed by atoms with Gasteiger partial charge in [0.15, 0.2) is 9.84 Å². The highest BCUT2D eigenvalue weighted by Crippen LogP contribution is 2.52. The molecule has 6 nitrogen and oxygen atoms in total. The molecule has 1 amide bonds. The van der Waals surface area contributed by atoms with Crippen molar-refractivity contribution >= 4 is 15.9 Å². The highest BCUT2D eigenvalue weighted by molar-refractivity contribution is 7.90. The molecule has 166 valence electrons. The number of nitrogens with zero attached hydrogens (tertiary/aromatic N) is 1. The van der Waals surface area contributed by atoms with E-state index in [4.69, 9.17) is 9.47 Å². The molecule has 2 unspecified atom stereocenters. The minimum atomic E-state index is -3.19. The largest absolute Gasteiger partial charge is 0.493 e. The summed E-state index contributed by atoms with van der Waals surface area (Å²) in [6.07, 6.45) is 0.983. The summed E-state index contributed by atoms with van der Waals surface area (Å²) in [5.41, 5.74) is 1.50. The minimum absolute atomic E-state index is 0.223. The summed E-state index contributed by atoms with van der Waals surface area (Å²) in [6, 6.07) is 14.7. The Hall–Kier alpha value is -2.54. The standard InChI is InChI=1S/C24H29NO5S/c1-24(2,3)30-23(26)25-13-20-21(14-25)22(20)15-29-18-9-5-16(6-10-18)17-7-11-19(12-8-17)31(4,27)28/h5-12,20-22H,13-15H2,1-4H3. The van der Waals surface area contributed by atoms with Crippen LogP contribution in [0.3, 0.4) is 0 Å². The van der Waals surface area contributed by atoms with Gasteiger partial charge in [0.1, 0.15) is 11.4 Å². The fourth-order valence-corrected chi connectivity index (χ4v) is 4.83. The van der Waals surface area contributed by atoms with Gasteiger partial charge < -0.3 is 14.4 Å². The van der Waals surface area contributed by atoms with Gasteiger partial charge in [-0.05, 0) is 68.0 Å². The molecule has 0 spiro atoms. The van der Waals surface area contributed by atoms with Crippen LogP contribution in [0.15, 0.2) is 53.4 Å². The van der Waals surface area contributed by atoms with E-state index < -0.39 is 15.4 Å². The first kappa shape index (κ1) is 21.7. The van der Waals surface area contributed by atoms with Crippen LogP contribution in [0.1, 0.15) is 20.8 Å². The van der Waals surface area contributed by atoms with Crippen molar-refractivity contribution in [2.24, 2.45) is 17.8 Å². The molecule has 2 aromatic carbocycles. The third-order valence-corrected chi connectivity index (χ3v) is 7.06. The number of likely N-dealkylation sites (tertiary alicyclic amines) is 1. The molecule has 0 radical (unpaired) electrons. The normalized spacial score (nSPS) is 22.7. The molecule has 31 heavy (non-hydrogen) atoms. The molecule has 2 aliphatic rings.